The summed E-state index contributed by atoms with van der Waals surface area (Å²) < 4.78 is 76.2. The van der Waals surface area contributed by atoms with Crippen molar-refractivity contribution in [1.29, 1.82) is 0 Å². The number of nitrogens with zero attached hydrogens (tertiary/aromatic N) is 3. The number of alkyl halides is 3. The number of sulfonamides is 1. The molecule has 0 bridgehead atoms. The van der Waals surface area contributed by atoms with Gasteiger partial charge in [-0.3, -0.25) is 4.72 Å². The Kier molecular flexibility index (Phi) is 9.58. The van der Waals surface area contributed by atoms with Gasteiger partial charge < -0.3 is 20.1 Å². The first-order valence-electron chi connectivity index (χ1n) is 14.4. The molecule has 46 heavy (non-hydrogen) atoms. The number of rotatable bonds is 9. The van der Waals surface area contributed by atoms with Crippen LogP contribution in [-0.4, -0.2) is 59.1 Å². The monoisotopic (exact) mass is 678 g/mol. The minimum absolute atomic E-state index is 0.00753. The molecule has 0 spiro atoms. The molecular weight excluding hydrogens is 645 g/mol. The van der Waals surface area contributed by atoms with Gasteiger partial charge in [-0.15, -0.1) is 11.3 Å². The summed E-state index contributed by atoms with van der Waals surface area (Å²) in [5.74, 6) is -0.997. The van der Waals surface area contributed by atoms with Crippen molar-refractivity contribution in [3.05, 3.63) is 54.2 Å². The Morgan fingerprint density at radius 1 is 0.978 bits per heavy atom. The molecule has 0 atom stereocenters. The molecular formula is C30H33F3N6O5S2. The summed E-state index contributed by atoms with van der Waals surface area (Å²) in [6.45, 7) is 5.47. The average Bonchev–Trinajstić information content (AvgIpc) is 3.41. The van der Waals surface area contributed by atoms with Crippen molar-refractivity contribution in [3.63, 3.8) is 0 Å². The van der Waals surface area contributed by atoms with E-state index in [0.717, 1.165) is 25.7 Å². The lowest BCUT2D eigenvalue weighted by molar-refractivity contribution is -0.106. The van der Waals surface area contributed by atoms with E-state index in [1.165, 1.54) is 23.5 Å². The number of nitrogens with one attached hydrogen (secondary N) is 3. The Labute approximate surface area is 268 Å². The first-order chi connectivity index (χ1) is 21.6. The molecule has 0 unspecified atom stereocenters. The molecule has 2 aromatic heterocycles. The molecule has 1 amide bonds. The molecule has 0 saturated heterocycles. The van der Waals surface area contributed by atoms with Crippen LogP contribution in [0.25, 0.3) is 21.3 Å². The maximum absolute atomic E-state index is 12.8. The lowest BCUT2D eigenvalue weighted by Crippen LogP contribution is -2.42. The summed E-state index contributed by atoms with van der Waals surface area (Å²) >= 11 is 1.30. The summed E-state index contributed by atoms with van der Waals surface area (Å²) in [5, 5.41) is 7.13. The summed E-state index contributed by atoms with van der Waals surface area (Å²) in [5.41, 5.74) is 1.60. The summed E-state index contributed by atoms with van der Waals surface area (Å²) in [4.78, 5) is 26.1. The molecule has 1 saturated carbocycles. The second-order valence-corrected chi connectivity index (χ2v) is 14.4. The maximum atomic E-state index is 12.8. The zero-order chi connectivity index (χ0) is 33.1. The molecule has 11 nitrogen and oxygen atoms in total. The molecule has 1 aliphatic carbocycles. The van der Waals surface area contributed by atoms with Gasteiger partial charge in [0.25, 0.3) is 0 Å². The standard InChI is InChI=1S/C30H33F3N6O5S2/c1-29(2,3)44-28(40)37-19-10-8-18(9-11-19)36-27-34-15-14-23(38-27)25-26(35-17-45-25)43-24-13-12-22(20-6-4-5-7-21(20)24)39-46(41,42)16-30(31,32)33/h4-7,12-15,17-19,39H,8-11,16H2,1-3H3,(H,37,40)(H,34,36,38). The number of amides is 1. The molecule has 1 aliphatic rings. The third-order valence-corrected chi connectivity index (χ3v) is 8.98. The predicted molar refractivity (Wildman–Crippen MR) is 170 cm³/mol. The van der Waals surface area contributed by atoms with Gasteiger partial charge in [0.05, 0.1) is 16.9 Å². The first kappa shape index (κ1) is 33.2. The third-order valence-electron chi connectivity index (χ3n) is 6.91. The van der Waals surface area contributed by atoms with E-state index in [-0.39, 0.29) is 23.7 Å². The van der Waals surface area contributed by atoms with Gasteiger partial charge in [0.2, 0.25) is 21.9 Å². The predicted octanol–water partition coefficient (Wildman–Crippen LogP) is 7.10. The van der Waals surface area contributed by atoms with Gasteiger partial charge in [-0.05, 0) is 64.7 Å². The largest absolute Gasteiger partial charge is 0.444 e. The number of hydrogen-bond donors (Lipinski definition) is 3. The van der Waals surface area contributed by atoms with Gasteiger partial charge in [0.1, 0.15) is 16.2 Å². The smallest absolute Gasteiger partial charge is 0.407 e. The van der Waals surface area contributed by atoms with Crippen LogP contribution in [0.4, 0.5) is 29.6 Å². The molecule has 16 heteroatoms. The first-order valence-corrected chi connectivity index (χ1v) is 17.0. The minimum atomic E-state index is -4.89. The van der Waals surface area contributed by atoms with Crippen LogP contribution < -0.4 is 20.1 Å². The highest BCUT2D eigenvalue weighted by Gasteiger charge is 2.35. The number of fused-ring (bicyclic) bond motifs is 1. The van der Waals surface area contributed by atoms with Gasteiger partial charge in [-0.1, -0.05) is 24.3 Å². The second-order valence-electron chi connectivity index (χ2n) is 11.8. The number of hydrogen-bond acceptors (Lipinski definition) is 10. The van der Waals surface area contributed by atoms with Gasteiger partial charge in [-0.25, -0.2) is 28.2 Å². The van der Waals surface area contributed by atoms with E-state index >= 15 is 0 Å². The van der Waals surface area contributed by atoms with Crippen molar-refractivity contribution in [2.24, 2.45) is 0 Å². The maximum Gasteiger partial charge on any atom is 0.407 e. The SMILES string of the molecule is CC(C)(C)OC(=O)NC1CCC(Nc2nccc(-c3scnc3Oc3ccc(NS(=O)(=O)CC(F)(F)F)c4ccccc34)n2)CC1. The number of carbonyl (C=O) groups excluding carboxylic acids is 1. The highest BCUT2D eigenvalue weighted by molar-refractivity contribution is 7.92. The molecule has 2 heterocycles. The highest BCUT2D eigenvalue weighted by Crippen LogP contribution is 2.39. The zero-order valence-corrected chi connectivity index (χ0v) is 26.9. The van der Waals surface area contributed by atoms with Crippen molar-refractivity contribution in [3.8, 4) is 22.2 Å². The molecule has 0 aliphatic heterocycles. The Morgan fingerprint density at radius 2 is 1.67 bits per heavy atom. The van der Waals surface area contributed by atoms with Gasteiger partial charge in [0.15, 0.2) is 5.75 Å². The number of thiazole rings is 1. The van der Waals surface area contributed by atoms with E-state index in [2.05, 4.69) is 25.6 Å². The number of aromatic nitrogens is 3. The number of ether oxygens (including phenoxy) is 2. The fourth-order valence-corrected chi connectivity index (χ4v) is 6.74. The average molecular weight is 679 g/mol. The third kappa shape index (κ3) is 8.96. The summed E-state index contributed by atoms with van der Waals surface area (Å²) in [6.07, 6.45) is -0.517. The summed E-state index contributed by atoms with van der Waals surface area (Å²) in [7, 11) is -4.69. The van der Waals surface area contributed by atoms with Crippen LogP contribution >= 0.6 is 11.3 Å². The van der Waals surface area contributed by atoms with Crippen LogP contribution in [0.3, 0.4) is 0 Å². The quantitative estimate of drug-likeness (QED) is 0.169. The lowest BCUT2D eigenvalue weighted by atomic mass is 9.91. The Bertz CT molecular complexity index is 1800. The van der Waals surface area contributed by atoms with E-state index < -0.39 is 33.6 Å². The van der Waals surface area contributed by atoms with Crippen molar-refractivity contribution < 1.29 is 35.9 Å². The van der Waals surface area contributed by atoms with Crippen LogP contribution in [0.1, 0.15) is 46.5 Å². The van der Waals surface area contributed by atoms with E-state index in [0.29, 0.717) is 33.0 Å². The summed E-state index contributed by atoms with van der Waals surface area (Å²) in [6, 6.07) is 11.3. The number of benzene rings is 2. The van der Waals surface area contributed by atoms with Crippen LogP contribution in [0.5, 0.6) is 11.6 Å². The topological polar surface area (TPSA) is 144 Å². The van der Waals surface area contributed by atoms with Crippen molar-refractivity contribution >= 4 is 49.9 Å². The van der Waals surface area contributed by atoms with Crippen LogP contribution in [-0.2, 0) is 14.8 Å². The zero-order valence-electron chi connectivity index (χ0n) is 25.2. The van der Waals surface area contributed by atoms with E-state index in [4.69, 9.17) is 9.47 Å². The minimum Gasteiger partial charge on any atom is -0.444 e. The molecule has 4 aromatic rings. The van der Waals surface area contributed by atoms with Crippen molar-refractivity contribution in [1.82, 2.24) is 20.3 Å². The Morgan fingerprint density at radius 3 is 2.37 bits per heavy atom. The van der Waals surface area contributed by atoms with E-state index in [1.807, 2.05) is 25.5 Å². The van der Waals surface area contributed by atoms with E-state index in [1.54, 1.807) is 42.0 Å². The Balaban J connectivity index is 1.27. The molecule has 0 radical (unpaired) electrons. The number of halogens is 3. The number of anilines is 2. The van der Waals surface area contributed by atoms with Crippen molar-refractivity contribution in [2.75, 3.05) is 15.8 Å². The van der Waals surface area contributed by atoms with Crippen molar-refractivity contribution in [2.45, 2.75) is 70.3 Å². The molecule has 246 valence electrons. The number of carbonyl (C=O) groups is 1. The highest BCUT2D eigenvalue weighted by atomic mass is 32.2. The molecule has 5 rings (SSSR count). The Hall–Kier alpha value is -4.18. The molecule has 1 fully saturated rings. The molecule has 2 aromatic carbocycles. The van der Waals surface area contributed by atoms with Crippen LogP contribution in [0.15, 0.2) is 54.2 Å². The fourth-order valence-electron chi connectivity index (χ4n) is 5.04. The van der Waals surface area contributed by atoms with Gasteiger partial charge in [-0.2, -0.15) is 13.2 Å². The van der Waals surface area contributed by atoms with Gasteiger partial charge >= 0.3 is 12.3 Å². The second kappa shape index (κ2) is 13.3. The molecule has 3 N–H and O–H groups in total. The van der Waals surface area contributed by atoms with E-state index in [9.17, 15) is 26.4 Å². The lowest BCUT2D eigenvalue weighted by Gasteiger charge is -2.30. The van der Waals surface area contributed by atoms with Crippen LogP contribution in [0.2, 0.25) is 0 Å². The normalized spacial score (nSPS) is 17.3. The fraction of sp³-hybridized carbons (Fsp3) is 0.400. The number of alkyl carbamates (subject to hydrolysis) is 1. The van der Waals surface area contributed by atoms with Crippen LogP contribution in [0, 0.1) is 0 Å². The van der Waals surface area contributed by atoms with Gasteiger partial charge in [0, 0.05) is 29.1 Å².